The van der Waals surface area contributed by atoms with Crippen LogP contribution in [0.2, 0.25) is 0 Å². The summed E-state index contributed by atoms with van der Waals surface area (Å²) < 4.78 is 37.5. The van der Waals surface area contributed by atoms with E-state index in [4.69, 9.17) is 16.4 Å². The fraction of sp³-hybridized carbons (Fsp3) is 0.125. The highest BCUT2D eigenvalue weighted by Gasteiger charge is 2.31. The third-order valence-corrected chi connectivity index (χ3v) is 9.02. The molecule has 0 aliphatic carbocycles. The van der Waals surface area contributed by atoms with E-state index in [0.29, 0.717) is 0 Å². The molecule has 0 amide bonds. The van der Waals surface area contributed by atoms with Gasteiger partial charge in [-0.1, -0.05) is 11.7 Å². The Balaban J connectivity index is 3.26. The topological polar surface area (TPSA) is 23.8 Å². The fourth-order valence-corrected chi connectivity index (χ4v) is 7.51. The summed E-state index contributed by atoms with van der Waals surface area (Å²) in [6.07, 6.45) is -4.43. The average molecular weight is 331 g/mol. The Morgan fingerprint density at radius 2 is 2.06 bits per heavy atom. The quantitative estimate of drug-likeness (QED) is 0.664. The number of nitriles is 1. The molecule has 0 saturated heterocycles. The van der Waals surface area contributed by atoms with Gasteiger partial charge >= 0.3 is 6.18 Å². The molecule has 0 aliphatic rings. The van der Waals surface area contributed by atoms with E-state index >= 15 is 0 Å². The van der Waals surface area contributed by atoms with Crippen molar-refractivity contribution in [2.24, 2.45) is 0 Å². The first kappa shape index (κ1) is 15.2. The Morgan fingerprint density at radius 3 is 2.53 bits per heavy atom. The summed E-state index contributed by atoms with van der Waals surface area (Å²) in [4.78, 5) is 0.226. The number of hydrogen-bond acceptors (Lipinski definition) is 5. The maximum Gasteiger partial charge on any atom is 0.416 e. The van der Waals surface area contributed by atoms with E-state index < -0.39 is 20.2 Å². The molecule has 1 aromatic rings. The molecule has 17 heavy (non-hydrogen) atoms. The van der Waals surface area contributed by atoms with Gasteiger partial charge in [-0.15, -0.1) is 0 Å². The predicted octanol–water partition coefficient (Wildman–Crippen LogP) is 4.16. The molecule has 0 radical (unpaired) electrons. The highest BCUT2D eigenvalue weighted by molar-refractivity contribution is 9.24. The lowest BCUT2D eigenvalue weighted by Gasteiger charge is -2.10. The molecule has 0 aromatic heterocycles. The van der Waals surface area contributed by atoms with Gasteiger partial charge in [0.1, 0.15) is 6.07 Å². The molecular formula is C8H4F3NS5. The van der Waals surface area contributed by atoms with Crippen molar-refractivity contribution in [2.45, 2.75) is 11.1 Å². The van der Waals surface area contributed by atoms with Crippen LogP contribution in [0, 0.1) is 11.3 Å². The number of alkyl halides is 3. The number of thiol groups is 1. The molecule has 0 fully saturated rings. The highest BCUT2D eigenvalue weighted by atomic mass is 33.7. The van der Waals surface area contributed by atoms with Crippen molar-refractivity contribution in [3.8, 4) is 6.07 Å². The number of rotatable bonds is 3. The Bertz CT molecular complexity index is 479. The number of benzene rings is 1. The maximum absolute atomic E-state index is 12.5. The number of nitrogens with zero attached hydrogens (tertiary/aromatic N) is 1. The zero-order valence-electron chi connectivity index (χ0n) is 7.89. The Hall–Kier alpha value is 0.120. The van der Waals surface area contributed by atoms with E-state index in [1.165, 1.54) is 0 Å². The lowest BCUT2D eigenvalue weighted by molar-refractivity contribution is -0.137. The van der Waals surface area contributed by atoms with Crippen molar-refractivity contribution in [1.29, 1.82) is 5.26 Å². The smallest absolute Gasteiger partial charge is 0.192 e. The van der Waals surface area contributed by atoms with Gasteiger partial charge in [-0.25, -0.2) is 0 Å². The van der Waals surface area contributed by atoms with Crippen molar-refractivity contribution in [2.75, 3.05) is 0 Å². The molecule has 0 spiro atoms. The van der Waals surface area contributed by atoms with Gasteiger partial charge in [-0.3, -0.25) is 0 Å². The van der Waals surface area contributed by atoms with Crippen molar-refractivity contribution in [3.63, 3.8) is 0 Å². The lowest BCUT2D eigenvalue weighted by Crippen LogP contribution is -2.06. The lowest BCUT2D eigenvalue weighted by atomic mass is 10.1. The minimum absolute atomic E-state index is 0.172. The molecule has 0 heterocycles. The summed E-state index contributed by atoms with van der Waals surface area (Å²) in [5, 5.41) is 8.82. The van der Waals surface area contributed by atoms with Crippen LogP contribution < -0.4 is 0 Å². The standard InChI is InChI=1S/C8H4F3NS5/c9-8(10,11)6-2-1-5(4-12)7(3-6)17(14)16-15-13/h1-3,13H. The van der Waals surface area contributed by atoms with E-state index in [0.717, 1.165) is 37.9 Å². The second kappa shape index (κ2) is 6.33. The van der Waals surface area contributed by atoms with Gasteiger partial charge in [0.25, 0.3) is 0 Å². The summed E-state index contributed by atoms with van der Waals surface area (Å²) >= 11 is 8.91. The second-order valence-corrected chi connectivity index (χ2v) is 9.95. The van der Waals surface area contributed by atoms with Crippen LogP contribution in [-0.4, -0.2) is 0 Å². The first-order valence-electron chi connectivity index (χ1n) is 3.92. The van der Waals surface area contributed by atoms with Crippen LogP contribution in [0.25, 0.3) is 0 Å². The molecule has 1 nitrogen and oxygen atoms in total. The van der Waals surface area contributed by atoms with Crippen LogP contribution in [-0.2, 0) is 25.9 Å². The van der Waals surface area contributed by atoms with Crippen molar-refractivity contribution >= 4 is 51.0 Å². The van der Waals surface area contributed by atoms with Gasteiger partial charge in [0.05, 0.1) is 11.1 Å². The van der Waals surface area contributed by atoms with Gasteiger partial charge in [-0.05, 0) is 57.5 Å². The average Bonchev–Trinajstić information content (AvgIpc) is 2.27. The van der Waals surface area contributed by atoms with Gasteiger partial charge < -0.3 is 0 Å². The molecule has 1 unspecified atom stereocenters. The second-order valence-electron chi connectivity index (χ2n) is 2.70. The SMILES string of the molecule is N#Cc1ccc(C(F)(F)F)cc1S(=S)SSS. The van der Waals surface area contributed by atoms with E-state index in [9.17, 15) is 13.2 Å². The van der Waals surface area contributed by atoms with Crippen molar-refractivity contribution < 1.29 is 13.2 Å². The molecule has 0 aliphatic heterocycles. The summed E-state index contributed by atoms with van der Waals surface area (Å²) in [6.45, 7) is 0. The predicted molar refractivity (Wildman–Crippen MR) is 73.3 cm³/mol. The van der Waals surface area contributed by atoms with Crippen LogP contribution in [0.15, 0.2) is 23.1 Å². The first-order chi connectivity index (χ1) is 7.90. The molecule has 92 valence electrons. The van der Waals surface area contributed by atoms with Gasteiger partial charge in [-0.2, -0.15) is 18.4 Å². The molecule has 0 N–H and O–H groups in total. The summed E-state index contributed by atoms with van der Waals surface area (Å²) in [5.74, 6) is 0. The Morgan fingerprint density at radius 1 is 1.41 bits per heavy atom. The third-order valence-electron chi connectivity index (χ3n) is 1.70. The maximum atomic E-state index is 12.5. The largest absolute Gasteiger partial charge is 0.416 e. The van der Waals surface area contributed by atoms with Crippen LogP contribution in [0.1, 0.15) is 11.1 Å². The summed E-state index contributed by atoms with van der Waals surface area (Å²) in [6, 6.07) is 4.80. The van der Waals surface area contributed by atoms with Crippen LogP contribution in [0.5, 0.6) is 0 Å². The monoisotopic (exact) mass is 331 g/mol. The third kappa shape index (κ3) is 4.06. The Kier molecular flexibility index (Phi) is 5.66. The van der Waals surface area contributed by atoms with Crippen LogP contribution >= 0.6 is 31.3 Å². The van der Waals surface area contributed by atoms with E-state index in [1.54, 1.807) is 0 Å². The molecule has 1 atom stereocenters. The van der Waals surface area contributed by atoms with Gasteiger partial charge in [0.15, 0.2) is 0 Å². The van der Waals surface area contributed by atoms with Crippen LogP contribution in [0.3, 0.4) is 0 Å². The van der Waals surface area contributed by atoms with E-state index in [-0.39, 0.29) is 10.5 Å². The first-order valence-corrected chi connectivity index (χ1v) is 9.78. The summed E-state index contributed by atoms with van der Waals surface area (Å²) in [5.41, 5.74) is -0.621. The van der Waals surface area contributed by atoms with Crippen molar-refractivity contribution in [1.82, 2.24) is 0 Å². The minimum atomic E-state index is -4.43. The van der Waals surface area contributed by atoms with Crippen LogP contribution in [0.4, 0.5) is 13.2 Å². The zero-order chi connectivity index (χ0) is 13.1. The zero-order valence-corrected chi connectivity index (χ0v) is 12.1. The van der Waals surface area contributed by atoms with E-state index in [2.05, 4.69) is 11.7 Å². The normalized spacial score (nSPS) is 13.1. The fourth-order valence-electron chi connectivity index (χ4n) is 0.993. The van der Waals surface area contributed by atoms with E-state index in [1.807, 2.05) is 6.07 Å². The summed E-state index contributed by atoms with van der Waals surface area (Å²) in [7, 11) is 1.28. The molecule has 0 saturated carbocycles. The minimum Gasteiger partial charge on any atom is -0.192 e. The number of hydrogen-bond donors (Lipinski definition) is 1. The van der Waals surface area contributed by atoms with Crippen molar-refractivity contribution in [3.05, 3.63) is 29.3 Å². The number of halogens is 3. The molecule has 1 rings (SSSR count). The van der Waals surface area contributed by atoms with Gasteiger partial charge in [0.2, 0.25) is 0 Å². The molecule has 9 heteroatoms. The highest BCUT2D eigenvalue weighted by Crippen LogP contribution is 2.37. The van der Waals surface area contributed by atoms with Gasteiger partial charge in [0, 0.05) is 4.90 Å². The molecular weight excluding hydrogens is 327 g/mol. The molecule has 1 aromatic carbocycles. The molecule has 0 bridgehead atoms. The Labute approximate surface area is 115 Å².